The van der Waals surface area contributed by atoms with Crippen LogP contribution >= 0.6 is 0 Å². The molecule has 1 aromatic carbocycles. The molecule has 0 saturated carbocycles. The number of aromatic carboxylic acids is 1. The summed E-state index contributed by atoms with van der Waals surface area (Å²) in [5.74, 6) is -0.231. The van der Waals surface area contributed by atoms with Gasteiger partial charge in [0.25, 0.3) is 0 Å². The fourth-order valence-electron chi connectivity index (χ4n) is 2.04. The van der Waals surface area contributed by atoms with Crippen molar-refractivity contribution < 1.29 is 9.90 Å². The van der Waals surface area contributed by atoms with Crippen molar-refractivity contribution in [3.63, 3.8) is 0 Å². The van der Waals surface area contributed by atoms with E-state index in [1.165, 1.54) is 6.42 Å². The number of rotatable bonds is 7. The second kappa shape index (κ2) is 7.02. The lowest BCUT2D eigenvalue weighted by molar-refractivity contribution is 0.0698. The molecule has 1 atom stereocenters. The van der Waals surface area contributed by atoms with Crippen molar-refractivity contribution in [3.8, 4) is 0 Å². The highest BCUT2D eigenvalue weighted by molar-refractivity contribution is 5.95. The third kappa shape index (κ3) is 5.20. The Balaban J connectivity index is 2.65. The Morgan fingerprint density at radius 2 is 2.00 bits per heavy atom. The molecule has 0 bridgehead atoms. The van der Waals surface area contributed by atoms with Gasteiger partial charge >= 0.3 is 5.97 Å². The topological polar surface area (TPSA) is 75.3 Å². The first-order chi connectivity index (χ1) is 8.90. The molecule has 0 amide bonds. The molecule has 1 unspecified atom stereocenters. The summed E-state index contributed by atoms with van der Waals surface area (Å²) in [5.41, 5.74) is 7.15. The second-order valence-electron chi connectivity index (χ2n) is 5.48. The highest BCUT2D eigenvalue weighted by Gasteiger charge is 2.12. The van der Waals surface area contributed by atoms with E-state index in [1.54, 1.807) is 18.2 Å². The monoisotopic (exact) mass is 264 g/mol. The van der Waals surface area contributed by atoms with Crippen LogP contribution in [0.5, 0.6) is 0 Å². The summed E-state index contributed by atoms with van der Waals surface area (Å²) in [6, 6.07) is 5.07. The first-order valence-electron chi connectivity index (χ1n) is 6.79. The van der Waals surface area contributed by atoms with E-state index in [1.807, 2.05) is 0 Å². The summed E-state index contributed by atoms with van der Waals surface area (Å²) in [6.07, 6.45) is 3.34. The summed E-state index contributed by atoms with van der Waals surface area (Å²) in [7, 11) is 0. The molecule has 0 radical (unpaired) electrons. The van der Waals surface area contributed by atoms with Crippen LogP contribution in [-0.2, 0) is 0 Å². The molecular weight excluding hydrogens is 240 g/mol. The van der Waals surface area contributed by atoms with Gasteiger partial charge < -0.3 is 16.2 Å². The average Bonchev–Trinajstić information content (AvgIpc) is 2.27. The van der Waals surface area contributed by atoms with Gasteiger partial charge in [0.15, 0.2) is 0 Å². The Morgan fingerprint density at radius 1 is 1.32 bits per heavy atom. The number of nitrogens with two attached hydrogens (primary N) is 1. The molecule has 0 saturated heterocycles. The lowest BCUT2D eigenvalue weighted by Crippen LogP contribution is -2.17. The van der Waals surface area contributed by atoms with Crippen molar-refractivity contribution in [2.45, 2.75) is 46.1 Å². The smallest absolute Gasteiger partial charge is 0.337 e. The molecule has 0 spiro atoms. The van der Waals surface area contributed by atoms with Gasteiger partial charge in [-0.2, -0.15) is 0 Å². The number of nitrogens with one attached hydrogen (secondary N) is 1. The minimum absolute atomic E-state index is 0.235. The van der Waals surface area contributed by atoms with Crippen LogP contribution in [0, 0.1) is 5.92 Å². The number of benzene rings is 1. The summed E-state index contributed by atoms with van der Waals surface area (Å²) in [4.78, 5) is 11.1. The van der Waals surface area contributed by atoms with Crippen LogP contribution in [0.3, 0.4) is 0 Å². The largest absolute Gasteiger partial charge is 0.478 e. The molecule has 0 aliphatic heterocycles. The highest BCUT2D eigenvalue weighted by atomic mass is 16.4. The molecule has 106 valence electrons. The van der Waals surface area contributed by atoms with E-state index in [0.717, 1.165) is 12.8 Å². The third-order valence-electron chi connectivity index (χ3n) is 3.09. The number of hydrogen-bond donors (Lipinski definition) is 3. The fraction of sp³-hybridized carbons (Fsp3) is 0.533. The molecule has 0 aromatic heterocycles. The number of carbonyl (C=O) groups is 1. The first kappa shape index (κ1) is 15.3. The minimum atomic E-state index is -0.933. The molecule has 0 heterocycles. The van der Waals surface area contributed by atoms with Crippen molar-refractivity contribution in [3.05, 3.63) is 23.8 Å². The number of carboxylic acid groups (broad SMARTS) is 1. The summed E-state index contributed by atoms with van der Waals surface area (Å²) in [6.45, 7) is 6.48. The molecule has 1 rings (SSSR count). The SMILES string of the molecule is CC(C)CCCC(C)Nc1cc(N)ccc1C(=O)O. The molecule has 1 aromatic rings. The first-order valence-corrected chi connectivity index (χ1v) is 6.79. The van der Waals surface area contributed by atoms with Crippen LogP contribution in [0.15, 0.2) is 18.2 Å². The van der Waals surface area contributed by atoms with Crippen LogP contribution in [0.4, 0.5) is 11.4 Å². The number of carboxylic acids is 1. The second-order valence-corrected chi connectivity index (χ2v) is 5.48. The van der Waals surface area contributed by atoms with Gasteiger partial charge in [-0.1, -0.05) is 26.7 Å². The molecule has 0 aliphatic carbocycles. The lowest BCUT2D eigenvalue weighted by atomic mass is 10.0. The maximum absolute atomic E-state index is 11.1. The van der Waals surface area contributed by atoms with Crippen LogP contribution in [0.25, 0.3) is 0 Å². The van der Waals surface area contributed by atoms with Crippen molar-refractivity contribution in [1.29, 1.82) is 0 Å². The van der Waals surface area contributed by atoms with Crippen molar-refractivity contribution in [2.75, 3.05) is 11.1 Å². The fourth-order valence-corrected chi connectivity index (χ4v) is 2.04. The quantitative estimate of drug-likeness (QED) is 0.658. The van der Waals surface area contributed by atoms with Crippen molar-refractivity contribution >= 4 is 17.3 Å². The van der Waals surface area contributed by atoms with Crippen LogP contribution in [0.1, 0.15) is 50.4 Å². The zero-order valence-electron chi connectivity index (χ0n) is 11.9. The summed E-state index contributed by atoms with van der Waals surface area (Å²) >= 11 is 0. The van der Waals surface area contributed by atoms with E-state index >= 15 is 0 Å². The van der Waals surface area contributed by atoms with Gasteiger partial charge in [0, 0.05) is 11.7 Å². The maximum Gasteiger partial charge on any atom is 0.337 e. The van der Waals surface area contributed by atoms with E-state index in [2.05, 4.69) is 26.1 Å². The van der Waals surface area contributed by atoms with E-state index < -0.39 is 5.97 Å². The minimum Gasteiger partial charge on any atom is -0.478 e. The van der Waals surface area contributed by atoms with Gasteiger partial charge in [0.2, 0.25) is 0 Å². The van der Waals surface area contributed by atoms with Crippen LogP contribution < -0.4 is 11.1 Å². The van der Waals surface area contributed by atoms with Crippen LogP contribution in [-0.4, -0.2) is 17.1 Å². The van der Waals surface area contributed by atoms with Gasteiger partial charge in [0.05, 0.1) is 11.3 Å². The molecule has 19 heavy (non-hydrogen) atoms. The Kier molecular flexibility index (Phi) is 5.67. The number of hydrogen-bond acceptors (Lipinski definition) is 3. The summed E-state index contributed by atoms with van der Waals surface area (Å²) < 4.78 is 0. The number of nitrogen functional groups attached to an aromatic ring is 1. The lowest BCUT2D eigenvalue weighted by Gasteiger charge is -2.17. The number of anilines is 2. The Morgan fingerprint density at radius 3 is 2.58 bits per heavy atom. The maximum atomic E-state index is 11.1. The zero-order chi connectivity index (χ0) is 14.4. The normalized spacial score (nSPS) is 12.4. The molecule has 4 heteroatoms. The van der Waals surface area contributed by atoms with Crippen molar-refractivity contribution in [2.24, 2.45) is 5.92 Å². The molecule has 0 aliphatic rings. The van der Waals surface area contributed by atoms with Crippen LogP contribution in [0.2, 0.25) is 0 Å². The van der Waals surface area contributed by atoms with E-state index in [9.17, 15) is 4.79 Å². The standard InChI is InChI=1S/C15H24N2O2/c1-10(2)5-4-6-11(3)17-14-9-12(16)7-8-13(14)15(18)19/h7-11,17H,4-6,16H2,1-3H3,(H,18,19). The van der Waals surface area contributed by atoms with Gasteiger partial charge in [-0.15, -0.1) is 0 Å². The van der Waals surface area contributed by atoms with Gasteiger partial charge in [0.1, 0.15) is 0 Å². The van der Waals surface area contributed by atoms with Gasteiger partial charge in [-0.3, -0.25) is 0 Å². The third-order valence-corrected chi connectivity index (χ3v) is 3.09. The average molecular weight is 264 g/mol. The molecule has 0 fully saturated rings. The predicted octanol–water partition coefficient (Wildman–Crippen LogP) is 3.59. The molecule has 4 nitrogen and oxygen atoms in total. The zero-order valence-corrected chi connectivity index (χ0v) is 11.9. The van der Waals surface area contributed by atoms with E-state index in [0.29, 0.717) is 17.3 Å². The van der Waals surface area contributed by atoms with E-state index in [-0.39, 0.29) is 11.6 Å². The van der Waals surface area contributed by atoms with Gasteiger partial charge in [-0.05, 0) is 37.5 Å². The van der Waals surface area contributed by atoms with Crippen molar-refractivity contribution in [1.82, 2.24) is 0 Å². The van der Waals surface area contributed by atoms with Gasteiger partial charge in [-0.25, -0.2) is 4.79 Å². The Bertz CT molecular complexity index is 430. The summed E-state index contributed by atoms with van der Waals surface area (Å²) in [5, 5.41) is 12.4. The predicted molar refractivity (Wildman–Crippen MR) is 79.6 cm³/mol. The Labute approximate surface area is 115 Å². The highest BCUT2D eigenvalue weighted by Crippen LogP contribution is 2.21. The molecular formula is C15H24N2O2. The Hall–Kier alpha value is -1.71. The van der Waals surface area contributed by atoms with E-state index in [4.69, 9.17) is 10.8 Å². The molecule has 4 N–H and O–H groups in total.